The number of aromatic hydroxyl groups is 1. The number of fused-ring (bicyclic) bond motifs is 3. The molecule has 0 spiro atoms. The molecule has 4 aromatic rings. The first-order valence-corrected chi connectivity index (χ1v) is 16.4. The molecular weight excluding hydrogens is 621 g/mol. The zero-order chi connectivity index (χ0) is 34.3. The van der Waals surface area contributed by atoms with E-state index in [-0.39, 0.29) is 46.5 Å². The highest BCUT2D eigenvalue weighted by Gasteiger charge is 2.37. The number of amides is 1. The van der Waals surface area contributed by atoms with Gasteiger partial charge in [0.05, 0.1) is 18.5 Å². The summed E-state index contributed by atoms with van der Waals surface area (Å²) in [4.78, 5) is 31.4. The van der Waals surface area contributed by atoms with Crippen LogP contribution in [0.2, 0.25) is 0 Å². The predicted octanol–water partition coefficient (Wildman–Crippen LogP) is 6.20. The second kappa shape index (κ2) is 13.6. The fourth-order valence-corrected chi connectivity index (χ4v) is 7.65. The van der Waals surface area contributed by atoms with Gasteiger partial charge in [0.25, 0.3) is 0 Å². The zero-order valence-corrected chi connectivity index (χ0v) is 27.7. The van der Waals surface area contributed by atoms with Crippen molar-refractivity contribution in [3.63, 3.8) is 0 Å². The monoisotopic (exact) mass is 662 g/mol. The number of likely N-dealkylation sites (tertiary alicyclic amines) is 1. The Kier molecular flexibility index (Phi) is 9.46. The number of alkyl halides is 1. The van der Waals surface area contributed by atoms with E-state index in [1.54, 1.807) is 11.0 Å². The minimum Gasteiger partial charge on any atom is -0.508 e. The van der Waals surface area contributed by atoms with Crippen molar-refractivity contribution in [2.75, 3.05) is 38.7 Å². The van der Waals surface area contributed by atoms with Crippen LogP contribution in [0.5, 0.6) is 11.8 Å². The summed E-state index contributed by atoms with van der Waals surface area (Å²) in [6.07, 6.45) is 6.63. The van der Waals surface area contributed by atoms with Crippen LogP contribution < -0.4 is 9.64 Å². The Hall–Kier alpha value is -4.45. The molecule has 1 amide bonds. The molecule has 4 atom stereocenters. The number of hydrogen-bond acceptors (Lipinski definition) is 8. The normalized spacial score (nSPS) is 22.1. The first-order chi connectivity index (χ1) is 23.1. The average Bonchev–Trinajstić information content (AvgIpc) is 3.78. The Morgan fingerprint density at radius 1 is 1.21 bits per heavy atom. The van der Waals surface area contributed by atoms with Crippen molar-refractivity contribution in [2.24, 2.45) is 0 Å². The standard InChI is InChI=1S/C29H29F2N5O3.C7H12FN/c1-6-18-21(30)9-8-16-12-17(37)13-19(24(16)18)26-25(31)27-20(14-32-26)28(34-29(33-27)39-5)35(4)22-10-11-36(15(22)3)23(38)7-2;8-6-4-7-2-1-3-9(7)5-6/h7-9,12-15,22,37H,2,6,10-11H2,1,3-5H3;6-7H,1-5H2. The quantitative estimate of drug-likeness (QED) is 0.244. The molecule has 3 fully saturated rings. The van der Waals surface area contributed by atoms with Gasteiger partial charge in [0.1, 0.15) is 34.8 Å². The molecule has 12 heteroatoms. The van der Waals surface area contributed by atoms with E-state index in [1.165, 1.54) is 50.4 Å². The minimum absolute atomic E-state index is 0.0238. The van der Waals surface area contributed by atoms with E-state index in [2.05, 4.69) is 26.4 Å². The lowest BCUT2D eigenvalue weighted by molar-refractivity contribution is -0.126. The number of ether oxygens (including phenoxy) is 1. The second-order valence-corrected chi connectivity index (χ2v) is 12.8. The fourth-order valence-electron chi connectivity index (χ4n) is 7.65. The van der Waals surface area contributed by atoms with Gasteiger partial charge in [0.15, 0.2) is 5.82 Å². The van der Waals surface area contributed by atoms with Crippen LogP contribution in [0.1, 0.15) is 45.1 Å². The SMILES string of the molecule is C=CC(=O)N1CCC(N(C)c2nc(OC)nc3c(F)c(-c4cc(O)cc5ccc(F)c(CC)c45)ncc23)C1C.FC1CC2CCCN2C1. The number of phenols is 1. The zero-order valence-electron chi connectivity index (χ0n) is 27.7. The molecule has 3 saturated heterocycles. The summed E-state index contributed by atoms with van der Waals surface area (Å²) < 4.78 is 49.0. The lowest BCUT2D eigenvalue weighted by atomic mass is 9.94. The molecule has 3 aliphatic rings. The third-order valence-corrected chi connectivity index (χ3v) is 10.1. The number of methoxy groups -OCH3 is 1. The molecule has 9 nitrogen and oxygen atoms in total. The van der Waals surface area contributed by atoms with Crippen molar-refractivity contribution in [1.82, 2.24) is 24.8 Å². The van der Waals surface area contributed by atoms with Gasteiger partial charge in [0.2, 0.25) is 5.91 Å². The molecule has 48 heavy (non-hydrogen) atoms. The summed E-state index contributed by atoms with van der Waals surface area (Å²) in [6, 6.07) is 6.10. The number of pyridine rings is 1. The largest absolute Gasteiger partial charge is 0.508 e. The summed E-state index contributed by atoms with van der Waals surface area (Å²) in [5.41, 5.74) is 0.564. The molecule has 0 saturated carbocycles. The first kappa shape index (κ1) is 33.5. The third kappa shape index (κ3) is 6.02. The van der Waals surface area contributed by atoms with E-state index >= 15 is 4.39 Å². The van der Waals surface area contributed by atoms with Gasteiger partial charge in [-0.3, -0.25) is 14.7 Å². The Bertz CT molecular complexity index is 1860. The van der Waals surface area contributed by atoms with Crippen molar-refractivity contribution in [3.8, 4) is 23.0 Å². The Labute approximate surface area is 278 Å². The molecule has 7 rings (SSSR count). The molecule has 4 unspecified atom stereocenters. The first-order valence-electron chi connectivity index (χ1n) is 16.4. The van der Waals surface area contributed by atoms with Crippen LogP contribution in [-0.4, -0.2) is 93.9 Å². The Morgan fingerprint density at radius 3 is 2.71 bits per heavy atom. The minimum atomic E-state index is -0.746. The second-order valence-electron chi connectivity index (χ2n) is 12.8. The lowest BCUT2D eigenvalue weighted by Gasteiger charge is -2.31. The number of carbonyl (C=O) groups is 1. The van der Waals surface area contributed by atoms with E-state index in [9.17, 15) is 18.7 Å². The van der Waals surface area contributed by atoms with E-state index in [0.29, 0.717) is 59.5 Å². The lowest BCUT2D eigenvalue weighted by Crippen LogP contribution is -2.43. The molecule has 5 heterocycles. The maximum Gasteiger partial charge on any atom is 0.318 e. The fraction of sp³-hybridized carbons (Fsp3) is 0.444. The molecule has 254 valence electrons. The molecule has 2 aromatic carbocycles. The highest BCUT2D eigenvalue weighted by atomic mass is 19.1. The van der Waals surface area contributed by atoms with Crippen LogP contribution in [0, 0.1) is 11.6 Å². The van der Waals surface area contributed by atoms with Crippen LogP contribution in [0.15, 0.2) is 43.1 Å². The third-order valence-electron chi connectivity index (χ3n) is 10.1. The van der Waals surface area contributed by atoms with Crippen LogP contribution in [0.25, 0.3) is 32.9 Å². The number of hydrogen-bond donors (Lipinski definition) is 1. The van der Waals surface area contributed by atoms with E-state index in [1.807, 2.05) is 25.8 Å². The maximum atomic E-state index is 16.3. The predicted molar refractivity (Wildman–Crippen MR) is 180 cm³/mol. The molecule has 0 aliphatic carbocycles. The van der Waals surface area contributed by atoms with Gasteiger partial charge in [-0.1, -0.05) is 19.6 Å². The van der Waals surface area contributed by atoms with E-state index in [4.69, 9.17) is 4.74 Å². The summed E-state index contributed by atoms with van der Waals surface area (Å²) in [5.74, 6) is -1.01. The summed E-state index contributed by atoms with van der Waals surface area (Å²) >= 11 is 0. The number of nitrogens with zero attached hydrogens (tertiary/aromatic N) is 6. The van der Waals surface area contributed by atoms with Crippen molar-refractivity contribution < 1.29 is 27.8 Å². The van der Waals surface area contributed by atoms with Gasteiger partial charge in [0, 0.05) is 44.0 Å². The maximum absolute atomic E-state index is 16.3. The summed E-state index contributed by atoms with van der Waals surface area (Å²) in [7, 11) is 3.22. The van der Waals surface area contributed by atoms with Crippen LogP contribution >= 0.6 is 0 Å². The Morgan fingerprint density at radius 2 is 2.00 bits per heavy atom. The number of aromatic nitrogens is 3. The molecule has 1 N–H and O–H groups in total. The van der Waals surface area contributed by atoms with Crippen molar-refractivity contribution in [2.45, 2.75) is 70.2 Å². The van der Waals surface area contributed by atoms with Crippen molar-refractivity contribution in [3.05, 3.63) is 60.3 Å². The number of rotatable bonds is 6. The molecule has 0 radical (unpaired) electrons. The number of benzene rings is 2. The average molecular weight is 663 g/mol. The topological polar surface area (TPSA) is 94.9 Å². The van der Waals surface area contributed by atoms with Gasteiger partial charge in [-0.05, 0) is 86.2 Å². The molecule has 3 aliphatic heterocycles. The smallest absolute Gasteiger partial charge is 0.318 e. The molecular formula is C36H41F3N6O3. The molecule has 2 aromatic heterocycles. The Balaban J connectivity index is 0.000000381. The van der Waals surface area contributed by atoms with Crippen molar-refractivity contribution in [1.29, 1.82) is 0 Å². The number of anilines is 1. The number of aryl methyl sites for hydroxylation is 1. The van der Waals surface area contributed by atoms with E-state index in [0.717, 1.165) is 13.0 Å². The molecule has 0 bridgehead atoms. The van der Waals surface area contributed by atoms with E-state index < -0.39 is 17.8 Å². The van der Waals surface area contributed by atoms with Crippen LogP contribution in [0.4, 0.5) is 19.0 Å². The van der Waals surface area contributed by atoms with Crippen LogP contribution in [-0.2, 0) is 11.2 Å². The van der Waals surface area contributed by atoms with Crippen LogP contribution in [0.3, 0.4) is 0 Å². The number of carbonyl (C=O) groups excluding carboxylic acids is 1. The summed E-state index contributed by atoms with van der Waals surface area (Å²) in [6.45, 7) is 9.76. The number of halogens is 3. The van der Waals surface area contributed by atoms with Gasteiger partial charge in [-0.15, -0.1) is 0 Å². The number of likely N-dealkylation sites (N-methyl/N-ethyl adjacent to an activating group) is 1. The summed E-state index contributed by atoms with van der Waals surface area (Å²) in [5, 5.41) is 11.8. The van der Waals surface area contributed by atoms with Gasteiger partial charge >= 0.3 is 6.01 Å². The van der Waals surface area contributed by atoms with Gasteiger partial charge in [-0.25, -0.2) is 13.2 Å². The highest BCUT2D eigenvalue weighted by Crippen LogP contribution is 2.39. The number of phenolic OH excluding ortho intramolecular Hbond substituents is 1. The van der Waals surface area contributed by atoms with Gasteiger partial charge in [-0.2, -0.15) is 9.97 Å². The van der Waals surface area contributed by atoms with Gasteiger partial charge < -0.3 is 19.6 Å². The highest BCUT2D eigenvalue weighted by molar-refractivity contribution is 6.01. The van der Waals surface area contributed by atoms with Crippen molar-refractivity contribution >= 4 is 33.4 Å².